The van der Waals surface area contributed by atoms with E-state index >= 15 is 0 Å². The van der Waals surface area contributed by atoms with Crippen LogP contribution in [0, 0.1) is 18.4 Å². The van der Waals surface area contributed by atoms with Gasteiger partial charge in [0.2, 0.25) is 0 Å². The molecule has 0 saturated carbocycles. The highest BCUT2D eigenvalue weighted by atomic mass is 19.1. The van der Waals surface area contributed by atoms with Gasteiger partial charge in [0.15, 0.2) is 22.6 Å². The van der Waals surface area contributed by atoms with Crippen LogP contribution in [0.25, 0.3) is 11.2 Å². The highest BCUT2D eigenvalue weighted by Gasteiger charge is 2.47. The topological polar surface area (TPSA) is 119 Å². The average molecular weight is 293 g/mol. The Hall–Kier alpha value is -2.28. The Balaban J connectivity index is 2.05. The normalized spacial score (nSPS) is 28.9. The summed E-state index contributed by atoms with van der Waals surface area (Å²) in [7, 11) is 0. The summed E-state index contributed by atoms with van der Waals surface area (Å²) in [5.41, 5.74) is 4.42. The molecule has 8 nitrogen and oxygen atoms in total. The Morgan fingerprint density at radius 2 is 2.38 bits per heavy atom. The van der Waals surface area contributed by atoms with Crippen molar-refractivity contribution in [1.82, 2.24) is 19.5 Å². The summed E-state index contributed by atoms with van der Waals surface area (Å²) in [6.07, 6.45) is 3.95. The minimum Gasteiger partial charge on any atom is -0.392 e. The highest BCUT2D eigenvalue weighted by molar-refractivity contribution is 5.81. The van der Waals surface area contributed by atoms with Gasteiger partial charge in [0.1, 0.15) is 12.3 Å². The number of ether oxygens (including phenoxy) is 1. The number of hydrogen-bond donors (Lipinski definition) is 3. The van der Waals surface area contributed by atoms with Gasteiger partial charge >= 0.3 is 6.08 Å². The molecule has 110 valence electrons. The number of nitrogen functional groups attached to an aromatic ring is 1. The molecule has 4 N–H and O–H groups in total. The minimum atomic E-state index is -1.50. The lowest BCUT2D eigenvalue weighted by Crippen LogP contribution is -2.41. The van der Waals surface area contributed by atoms with E-state index in [0.717, 1.165) is 0 Å². The van der Waals surface area contributed by atoms with Crippen LogP contribution in [0.3, 0.4) is 0 Å². The summed E-state index contributed by atoms with van der Waals surface area (Å²) < 4.78 is 20.2. The first-order chi connectivity index (χ1) is 10.0. The smallest absolute Gasteiger partial charge is 0.312 e. The number of anilines is 1. The van der Waals surface area contributed by atoms with Crippen molar-refractivity contribution in [2.24, 2.45) is 0 Å². The van der Waals surface area contributed by atoms with Crippen LogP contribution in [-0.4, -0.2) is 48.0 Å². The monoisotopic (exact) mass is 293 g/mol. The fourth-order valence-corrected chi connectivity index (χ4v) is 2.36. The van der Waals surface area contributed by atoms with Crippen LogP contribution in [0.1, 0.15) is 12.6 Å². The predicted molar refractivity (Wildman–Crippen MR) is 69.1 cm³/mol. The Morgan fingerprint density at radius 1 is 1.62 bits per heavy atom. The number of rotatable bonds is 2. The molecule has 1 fully saturated rings. The number of halogens is 1. The minimum absolute atomic E-state index is 0.0971. The van der Waals surface area contributed by atoms with Gasteiger partial charge in [0.25, 0.3) is 0 Å². The standard InChI is InChI=1S/C12H12FN5O3/c1-2-12(4-19)6(20)3-7(21-12)18-5-15-8-9(14)16-11(13)17-10(8)18/h1,5-7,19-20H,3-4H2,(H2,14,16,17)/t6-,7-,12+/m0/s1. The molecule has 21 heavy (non-hydrogen) atoms. The van der Waals surface area contributed by atoms with Crippen molar-refractivity contribution in [2.45, 2.75) is 24.4 Å². The second kappa shape index (κ2) is 4.63. The molecule has 1 aliphatic rings. The zero-order chi connectivity index (χ0) is 15.2. The van der Waals surface area contributed by atoms with E-state index in [4.69, 9.17) is 16.9 Å². The van der Waals surface area contributed by atoms with Gasteiger partial charge < -0.3 is 20.7 Å². The molecule has 0 amide bonds. The second-order valence-corrected chi connectivity index (χ2v) is 4.72. The number of nitrogens with two attached hydrogens (primary N) is 1. The number of imidazole rings is 1. The molecule has 9 heteroatoms. The number of aliphatic hydroxyl groups is 2. The second-order valence-electron chi connectivity index (χ2n) is 4.72. The van der Waals surface area contributed by atoms with Crippen molar-refractivity contribution < 1.29 is 19.3 Å². The zero-order valence-corrected chi connectivity index (χ0v) is 10.8. The van der Waals surface area contributed by atoms with Gasteiger partial charge in [-0.1, -0.05) is 5.92 Å². The number of hydrogen-bond acceptors (Lipinski definition) is 7. The molecule has 0 spiro atoms. The Labute approximate surface area is 118 Å². The van der Waals surface area contributed by atoms with Crippen molar-refractivity contribution >= 4 is 17.0 Å². The third-order valence-electron chi connectivity index (χ3n) is 3.52. The van der Waals surface area contributed by atoms with Gasteiger partial charge in [0, 0.05) is 6.42 Å². The van der Waals surface area contributed by atoms with Gasteiger partial charge in [-0.3, -0.25) is 4.57 Å². The Bertz CT molecular complexity index is 742. The lowest BCUT2D eigenvalue weighted by molar-refractivity contribution is -0.0891. The molecule has 0 unspecified atom stereocenters. The molecule has 1 aliphatic heterocycles. The first-order valence-corrected chi connectivity index (χ1v) is 6.11. The first-order valence-electron chi connectivity index (χ1n) is 6.11. The van der Waals surface area contributed by atoms with Gasteiger partial charge in [-0.05, 0) is 0 Å². The maximum absolute atomic E-state index is 13.3. The lowest BCUT2D eigenvalue weighted by Gasteiger charge is -2.23. The van der Waals surface area contributed by atoms with Crippen LogP contribution in [-0.2, 0) is 4.74 Å². The van der Waals surface area contributed by atoms with Crippen molar-refractivity contribution in [3.63, 3.8) is 0 Å². The molecule has 3 heterocycles. The van der Waals surface area contributed by atoms with Crippen LogP contribution in [0.5, 0.6) is 0 Å². The summed E-state index contributed by atoms with van der Waals surface area (Å²) in [6, 6.07) is 0. The summed E-state index contributed by atoms with van der Waals surface area (Å²) in [5, 5.41) is 19.3. The zero-order valence-electron chi connectivity index (χ0n) is 10.8. The van der Waals surface area contributed by atoms with Crippen LogP contribution >= 0.6 is 0 Å². The van der Waals surface area contributed by atoms with Gasteiger partial charge in [-0.15, -0.1) is 6.42 Å². The SMILES string of the molecule is C#C[C@]1(CO)O[C@H](n2cnc3c(N)nc(F)nc32)C[C@@H]1O. The van der Waals surface area contributed by atoms with Gasteiger partial charge in [-0.25, -0.2) is 4.98 Å². The largest absolute Gasteiger partial charge is 0.392 e. The first kappa shape index (κ1) is 13.7. The number of aliphatic hydroxyl groups excluding tert-OH is 2. The molecule has 2 aromatic heterocycles. The molecule has 0 aliphatic carbocycles. The average Bonchev–Trinajstić information content (AvgIpc) is 3.00. The predicted octanol–water partition coefficient (Wildman–Crippen LogP) is -0.808. The van der Waals surface area contributed by atoms with Crippen molar-refractivity contribution in [1.29, 1.82) is 0 Å². The third-order valence-corrected chi connectivity index (χ3v) is 3.52. The molecule has 0 bridgehead atoms. The summed E-state index contributed by atoms with van der Waals surface area (Å²) in [4.78, 5) is 11.0. The van der Waals surface area contributed by atoms with Crippen molar-refractivity contribution in [3.8, 4) is 12.3 Å². The van der Waals surface area contributed by atoms with Crippen molar-refractivity contribution in [3.05, 3.63) is 12.4 Å². The van der Waals surface area contributed by atoms with E-state index in [2.05, 4.69) is 20.9 Å². The number of aromatic nitrogens is 4. The molecular weight excluding hydrogens is 281 g/mol. The molecule has 1 saturated heterocycles. The van der Waals surface area contributed by atoms with Gasteiger partial charge in [-0.2, -0.15) is 14.4 Å². The molecule has 3 atom stereocenters. The van der Waals surface area contributed by atoms with E-state index in [9.17, 15) is 14.6 Å². The van der Waals surface area contributed by atoms with Crippen LogP contribution in [0.2, 0.25) is 0 Å². The van der Waals surface area contributed by atoms with Crippen LogP contribution < -0.4 is 5.73 Å². The molecule has 3 rings (SSSR count). The van der Waals surface area contributed by atoms with Gasteiger partial charge in [0.05, 0.1) is 12.9 Å². The summed E-state index contributed by atoms with van der Waals surface area (Å²) in [6.45, 7) is -0.542. The summed E-state index contributed by atoms with van der Waals surface area (Å²) in [5.74, 6) is 2.16. The van der Waals surface area contributed by atoms with Crippen molar-refractivity contribution in [2.75, 3.05) is 12.3 Å². The maximum Gasteiger partial charge on any atom is 0.312 e. The van der Waals surface area contributed by atoms with E-state index < -0.39 is 30.6 Å². The highest BCUT2D eigenvalue weighted by Crippen LogP contribution is 2.37. The number of fused-ring (bicyclic) bond motifs is 1. The van der Waals surface area contributed by atoms with Crippen LogP contribution in [0.15, 0.2) is 6.33 Å². The fraction of sp³-hybridized carbons (Fsp3) is 0.417. The fourth-order valence-electron chi connectivity index (χ4n) is 2.36. The van der Waals surface area contributed by atoms with E-state index in [1.54, 1.807) is 0 Å². The van der Waals surface area contributed by atoms with E-state index in [1.807, 2.05) is 0 Å². The number of nitrogens with zero attached hydrogens (tertiary/aromatic N) is 4. The van der Waals surface area contributed by atoms with Crippen LogP contribution in [0.4, 0.5) is 10.2 Å². The Kier molecular flexibility index (Phi) is 3.02. The van der Waals surface area contributed by atoms with E-state index in [-0.39, 0.29) is 23.4 Å². The lowest BCUT2D eigenvalue weighted by atomic mass is 9.99. The molecule has 2 aromatic rings. The quantitative estimate of drug-likeness (QED) is 0.489. The Morgan fingerprint density at radius 3 is 3.00 bits per heavy atom. The third kappa shape index (κ3) is 1.92. The number of terminal acetylenes is 1. The summed E-state index contributed by atoms with van der Waals surface area (Å²) >= 11 is 0. The molecular formula is C12H12FN5O3. The molecule has 0 radical (unpaired) electrons. The van der Waals surface area contributed by atoms with E-state index in [0.29, 0.717) is 0 Å². The molecule has 0 aromatic carbocycles. The maximum atomic E-state index is 13.3. The van der Waals surface area contributed by atoms with E-state index in [1.165, 1.54) is 10.9 Å².